The van der Waals surface area contributed by atoms with Crippen LogP contribution in [-0.4, -0.2) is 55.5 Å². The number of nitrogens with zero attached hydrogens (tertiary/aromatic N) is 3. The molecule has 0 amide bonds. The Morgan fingerprint density at radius 3 is 2.55 bits per heavy atom. The van der Waals surface area contributed by atoms with Gasteiger partial charge in [0.25, 0.3) is 5.88 Å². The van der Waals surface area contributed by atoms with Crippen LogP contribution in [0, 0.1) is 0 Å². The van der Waals surface area contributed by atoms with Gasteiger partial charge in [-0.3, -0.25) is 0 Å². The fourth-order valence-corrected chi connectivity index (χ4v) is 3.02. The molecule has 2 heterocycles. The van der Waals surface area contributed by atoms with Crippen LogP contribution in [0.25, 0.3) is 0 Å². The van der Waals surface area contributed by atoms with Crippen LogP contribution in [-0.2, 0) is 10.0 Å². The summed E-state index contributed by atoms with van der Waals surface area (Å²) < 4.78 is 35.1. The van der Waals surface area contributed by atoms with E-state index in [1.165, 1.54) is 23.7 Å². The minimum Gasteiger partial charge on any atom is -0.491 e. The minimum atomic E-state index is -3.13. The molecule has 1 fully saturated rings. The third kappa shape index (κ3) is 3.71. The van der Waals surface area contributed by atoms with E-state index in [9.17, 15) is 8.42 Å². The smallest absolute Gasteiger partial charge is 0.276 e. The maximum Gasteiger partial charge on any atom is 0.276 e. The maximum absolute atomic E-state index is 11.4. The van der Waals surface area contributed by atoms with Crippen molar-refractivity contribution >= 4 is 21.6 Å². The van der Waals surface area contributed by atoms with Gasteiger partial charge in [0, 0.05) is 19.2 Å². The first-order chi connectivity index (χ1) is 9.40. The van der Waals surface area contributed by atoms with E-state index < -0.39 is 10.0 Å². The zero-order valence-corrected chi connectivity index (χ0v) is 12.8. The number of methoxy groups -OCH3 is 1. The second kappa shape index (κ2) is 6.11. The third-order valence-corrected chi connectivity index (χ3v) is 4.55. The van der Waals surface area contributed by atoms with Gasteiger partial charge >= 0.3 is 0 Å². The standard InChI is InChI=1S/C11H16ClN3O4S/c1-18-9-7-10(12)13-14-11(9)19-8-3-5-15(6-4-8)20(2,16)17/h7-8H,3-6H2,1-2H3. The summed E-state index contributed by atoms with van der Waals surface area (Å²) in [5.41, 5.74) is 0. The average Bonchev–Trinajstić information content (AvgIpc) is 2.40. The molecule has 1 aromatic rings. The lowest BCUT2D eigenvalue weighted by atomic mass is 10.1. The summed E-state index contributed by atoms with van der Waals surface area (Å²) in [6.07, 6.45) is 2.29. The second-order valence-corrected chi connectivity index (χ2v) is 6.89. The number of sulfonamides is 1. The van der Waals surface area contributed by atoms with Crippen LogP contribution in [0.1, 0.15) is 12.8 Å². The van der Waals surface area contributed by atoms with Gasteiger partial charge in [-0.2, -0.15) is 0 Å². The molecule has 1 aliphatic heterocycles. The number of aromatic nitrogens is 2. The lowest BCUT2D eigenvalue weighted by Crippen LogP contribution is -2.41. The van der Waals surface area contributed by atoms with Crippen LogP contribution in [0.4, 0.5) is 0 Å². The summed E-state index contributed by atoms with van der Waals surface area (Å²) in [4.78, 5) is 0. The van der Waals surface area contributed by atoms with E-state index in [0.29, 0.717) is 31.7 Å². The highest BCUT2D eigenvalue weighted by molar-refractivity contribution is 7.88. The summed E-state index contributed by atoms with van der Waals surface area (Å²) in [6.45, 7) is 0.875. The van der Waals surface area contributed by atoms with Crippen LogP contribution < -0.4 is 9.47 Å². The first-order valence-electron chi connectivity index (χ1n) is 6.09. The Morgan fingerprint density at radius 1 is 1.35 bits per heavy atom. The molecule has 1 aliphatic rings. The molecule has 112 valence electrons. The van der Waals surface area contributed by atoms with E-state index in [1.54, 1.807) is 0 Å². The monoisotopic (exact) mass is 321 g/mol. The third-order valence-electron chi connectivity index (χ3n) is 3.07. The van der Waals surface area contributed by atoms with Crippen molar-refractivity contribution in [2.45, 2.75) is 18.9 Å². The molecule has 1 saturated heterocycles. The van der Waals surface area contributed by atoms with E-state index in [4.69, 9.17) is 21.1 Å². The van der Waals surface area contributed by atoms with Crippen LogP contribution in [0.15, 0.2) is 6.07 Å². The summed E-state index contributed by atoms with van der Waals surface area (Å²) >= 11 is 5.73. The maximum atomic E-state index is 11.4. The van der Waals surface area contributed by atoms with Crippen molar-refractivity contribution in [1.29, 1.82) is 0 Å². The molecule has 0 aliphatic carbocycles. The Hall–Kier alpha value is -1.12. The van der Waals surface area contributed by atoms with E-state index in [0.717, 1.165) is 0 Å². The minimum absolute atomic E-state index is 0.114. The number of halogens is 1. The SMILES string of the molecule is COc1cc(Cl)nnc1OC1CCN(S(C)(=O)=O)CC1. The molecule has 20 heavy (non-hydrogen) atoms. The summed E-state index contributed by atoms with van der Waals surface area (Å²) in [7, 11) is -1.64. The largest absolute Gasteiger partial charge is 0.491 e. The predicted octanol–water partition coefficient (Wildman–Crippen LogP) is 0.941. The molecule has 2 rings (SSSR count). The highest BCUT2D eigenvalue weighted by atomic mass is 35.5. The van der Waals surface area contributed by atoms with Crippen molar-refractivity contribution in [2.75, 3.05) is 26.5 Å². The van der Waals surface area contributed by atoms with Gasteiger partial charge in [0.2, 0.25) is 10.0 Å². The average molecular weight is 322 g/mol. The van der Waals surface area contributed by atoms with Crippen LogP contribution in [0.5, 0.6) is 11.6 Å². The fraction of sp³-hybridized carbons (Fsp3) is 0.636. The molecule has 1 aromatic heterocycles. The molecule has 0 radical (unpaired) electrons. The van der Waals surface area contributed by atoms with Crippen LogP contribution >= 0.6 is 11.6 Å². The Kier molecular flexibility index (Phi) is 4.66. The zero-order chi connectivity index (χ0) is 14.8. The molecule has 0 aromatic carbocycles. The molecule has 0 N–H and O–H groups in total. The van der Waals surface area contributed by atoms with Gasteiger partial charge in [-0.05, 0) is 12.8 Å². The fourth-order valence-electron chi connectivity index (χ4n) is 2.01. The molecule has 0 unspecified atom stereocenters. The van der Waals surface area contributed by atoms with Gasteiger partial charge in [0.15, 0.2) is 10.9 Å². The van der Waals surface area contributed by atoms with Crippen molar-refractivity contribution in [1.82, 2.24) is 14.5 Å². The topological polar surface area (TPSA) is 81.6 Å². The van der Waals surface area contributed by atoms with E-state index in [1.807, 2.05) is 0 Å². The molecule has 9 heteroatoms. The van der Waals surface area contributed by atoms with Crippen molar-refractivity contribution < 1.29 is 17.9 Å². The highest BCUT2D eigenvalue weighted by Gasteiger charge is 2.27. The van der Waals surface area contributed by atoms with Crippen molar-refractivity contribution in [3.05, 3.63) is 11.2 Å². The normalized spacial score (nSPS) is 17.9. The number of piperidine rings is 1. The Morgan fingerprint density at radius 2 is 2.00 bits per heavy atom. The summed E-state index contributed by atoms with van der Waals surface area (Å²) in [6, 6.07) is 1.52. The second-order valence-electron chi connectivity index (χ2n) is 4.52. The summed E-state index contributed by atoms with van der Waals surface area (Å²) in [5.74, 6) is 0.685. The van der Waals surface area contributed by atoms with Gasteiger partial charge in [0.1, 0.15) is 6.10 Å². The number of hydrogen-bond acceptors (Lipinski definition) is 6. The van der Waals surface area contributed by atoms with Crippen LogP contribution in [0.3, 0.4) is 0 Å². The Bertz CT molecular complexity index is 573. The number of rotatable bonds is 4. The van der Waals surface area contributed by atoms with Crippen molar-refractivity contribution in [3.63, 3.8) is 0 Å². The summed E-state index contributed by atoms with van der Waals surface area (Å²) in [5, 5.41) is 7.78. The van der Waals surface area contributed by atoms with Gasteiger partial charge in [-0.15, -0.1) is 10.2 Å². The van der Waals surface area contributed by atoms with E-state index in [-0.39, 0.29) is 17.1 Å². The molecule has 0 atom stereocenters. The molecule has 0 saturated carbocycles. The van der Waals surface area contributed by atoms with Crippen molar-refractivity contribution in [3.8, 4) is 11.6 Å². The number of hydrogen-bond donors (Lipinski definition) is 0. The van der Waals surface area contributed by atoms with E-state index in [2.05, 4.69) is 10.2 Å². The predicted molar refractivity (Wildman–Crippen MR) is 73.7 cm³/mol. The number of ether oxygens (including phenoxy) is 2. The first-order valence-corrected chi connectivity index (χ1v) is 8.32. The van der Waals surface area contributed by atoms with Gasteiger partial charge in [-0.1, -0.05) is 11.6 Å². The Labute approximate surface area is 122 Å². The van der Waals surface area contributed by atoms with Crippen LogP contribution in [0.2, 0.25) is 5.15 Å². The van der Waals surface area contributed by atoms with Gasteiger partial charge < -0.3 is 9.47 Å². The van der Waals surface area contributed by atoms with E-state index >= 15 is 0 Å². The van der Waals surface area contributed by atoms with Gasteiger partial charge in [-0.25, -0.2) is 12.7 Å². The first kappa shape index (κ1) is 15.3. The molecule has 0 bridgehead atoms. The molecular formula is C11H16ClN3O4S. The zero-order valence-electron chi connectivity index (χ0n) is 11.2. The highest BCUT2D eigenvalue weighted by Crippen LogP contribution is 2.28. The Balaban J connectivity index is 1.99. The lowest BCUT2D eigenvalue weighted by molar-refractivity contribution is 0.124. The van der Waals surface area contributed by atoms with Gasteiger partial charge in [0.05, 0.1) is 13.4 Å². The van der Waals surface area contributed by atoms with Crippen molar-refractivity contribution in [2.24, 2.45) is 0 Å². The lowest BCUT2D eigenvalue weighted by Gasteiger charge is -2.30. The molecule has 7 nitrogen and oxygen atoms in total. The molecule has 0 spiro atoms. The quantitative estimate of drug-likeness (QED) is 0.821. The molecular weight excluding hydrogens is 306 g/mol.